The molecule has 0 amide bonds. The molecule has 70 valence electrons. The zero-order chi connectivity index (χ0) is 9.94. The lowest BCUT2D eigenvalue weighted by Crippen LogP contribution is -2.19. The first-order chi connectivity index (χ1) is 5.24. The topological polar surface area (TPSA) is 26.3 Å². The van der Waals surface area contributed by atoms with Crippen molar-refractivity contribution in [3.8, 4) is 0 Å². The summed E-state index contributed by atoms with van der Waals surface area (Å²) < 4.78 is 5.52. The molecule has 0 saturated carbocycles. The third kappa shape index (κ3) is 4.16. The summed E-state index contributed by atoms with van der Waals surface area (Å²) in [6.07, 6.45) is 0. The van der Waals surface area contributed by atoms with E-state index in [0.29, 0.717) is 5.57 Å². The van der Waals surface area contributed by atoms with E-state index in [1.54, 1.807) is 13.8 Å². The van der Waals surface area contributed by atoms with Crippen LogP contribution >= 0.6 is 0 Å². The van der Waals surface area contributed by atoms with Gasteiger partial charge in [-0.3, -0.25) is 4.79 Å². The van der Waals surface area contributed by atoms with Crippen molar-refractivity contribution in [1.82, 2.24) is 0 Å². The Bertz CT molecular complexity index is 206. The summed E-state index contributed by atoms with van der Waals surface area (Å²) in [5.41, 5.74) is 0.478. The van der Waals surface area contributed by atoms with Crippen LogP contribution in [-0.4, -0.2) is 11.4 Å². The molecule has 2 heteroatoms. The first-order valence-electron chi connectivity index (χ1n) is 4.11. The first kappa shape index (κ1) is 11.2. The van der Waals surface area contributed by atoms with Gasteiger partial charge in [-0.25, -0.2) is 0 Å². The van der Waals surface area contributed by atoms with Crippen molar-refractivity contribution in [1.29, 1.82) is 0 Å². The Morgan fingerprint density at radius 2 is 1.50 bits per heavy atom. The van der Waals surface area contributed by atoms with Gasteiger partial charge in [0.25, 0.3) is 0 Å². The summed E-state index contributed by atoms with van der Waals surface area (Å²) in [7, 11) is 0. The van der Waals surface area contributed by atoms with Crippen molar-refractivity contribution in [2.24, 2.45) is 0 Å². The molecule has 0 atom stereocenters. The van der Waals surface area contributed by atoms with Crippen LogP contribution in [0.1, 0.15) is 41.5 Å². The summed E-state index contributed by atoms with van der Waals surface area (Å²) in [5.74, 6) is 0.784. The van der Waals surface area contributed by atoms with Crippen molar-refractivity contribution in [2.75, 3.05) is 0 Å². The average molecular weight is 170 g/mol. The van der Waals surface area contributed by atoms with Crippen LogP contribution in [0.2, 0.25) is 0 Å². The number of Topliss-reactive ketones (excluding diaryl/α,β-unsaturated/α-hetero) is 1. The van der Waals surface area contributed by atoms with E-state index in [2.05, 4.69) is 0 Å². The van der Waals surface area contributed by atoms with Crippen LogP contribution in [0.4, 0.5) is 0 Å². The first-order valence-corrected chi connectivity index (χ1v) is 4.11. The number of carbonyl (C=O) groups is 1. The molecule has 0 aliphatic carbocycles. The molecule has 0 spiro atoms. The van der Waals surface area contributed by atoms with E-state index in [0.717, 1.165) is 5.76 Å². The maximum atomic E-state index is 10.9. The molecule has 0 aromatic carbocycles. The molecule has 0 saturated heterocycles. The molecule has 2 nitrogen and oxygen atoms in total. The van der Waals surface area contributed by atoms with Crippen LogP contribution in [-0.2, 0) is 9.53 Å². The molecule has 0 aliphatic rings. The van der Waals surface area contributed by atoms with Gasteiger partial charge in [0.15, 0.2) is 5.78 Å². The van der Waals surface area contributed by atoms with E-state index in [9.17, 15) is 4.79 Å². The normalized spacial score (nSPS) is 13.8. The van der Waals surface area contributed by atoms with E-state index in [1.807, 2.05) is 27.7 Å². The van der Waals surface area contributed by atoms with Crippen molar-refractivity contribution in [3.05, 3.63) is 11.3 Å². The highest BCUT2D eigenvalue weighted by Gasteiger charge is 2.13. The second kappa shape index (κ2) is 3.74. The maximum Gasteiger partial charge on any atom is 0.158 e. The SMILES string of the molecule is CC(=O)/C(C)=C(/C)OC(C)(C)C. The van der Waals surface area contributed by atoms with E-state index in [-0.39, 0.29) is 11.4 Å². The summed E-state index contributed by atoms with van der Waals surface area (Å²) in [6, 6.07) is 0. The predicted molar refractivity (Wildman–Crippen MR) is 49.9 cm³/mol. The van der Waals surface area contributed by atoms with E-state index >= 15 is 0 Å². The third-order valence-electron chi connectivity index (χ3n) is 1.52. The fourth-order valence-corrected chi connectivity index (χ4v) is 0.784. The van der Waals surface area contributed by atoms with Gasteiger partial charge in [0.05, 0.1) is 0 Å². The highest BCUT2D eigenvalue weighted by atomic mass is 16.5. The smallest absolute Gasteiger partial charge is 0.158 e. The van der Waals surface area contributed by atoms with Gasteiger partial charge >= 0.3 is 0 Å². The molecule has 0 heterocycles. The van der Waals surface area contributed by atoms with Crippen LogP contribution in [0, 0.1) is 0 Å². The number of rotatable bonds is 2. The standard InChI is InChI=1S/C10H18O2/c1-7(8(2)11)9(3)12-10(4,5)6/h1-6H3/b9-7-. The maximum absolute atomic E-state index is 10.9. The highest BCUT2D eigenvalue weighted by Crippen LogP contribution is 2.16. The number of allylic oxidation sites excluding steroid dienone is 2. The largest absolute Gasteiger partial charge is 0.492 e. The van der Waals surface area contributed by atoms with E-state index < -0.39 is 0 Å². The van der Waals surface area contributed by atoms with Crippen LogP contribution in [0.5, 0.6) is 0 Å². The van der Waals surface area contributed by atoms with Gasteiger partial charge in [0.1, 0.15) is 11.4 Å². The lowest BCUT2D eigenvalue weighted by Gasteiger charge is -2.22. The Hall–Kier alpha value is -0.790. The summed E-state index contributed by atoms with van der Waals surface area (Å²) in [6.45, 7) is 11.0. The molecule has 0 rings (SSSR count). The molecular formula is C10H18O2. The zero-order valence-electron chi connectivity index (χ0n) is 8.82. The fourth-order valence-electron chi connectivity index (χ4n) is 0.784. The molecule has 0 unspecified atom stereocenters. The second-order valence-electron chi connectivity index (χ2n) is 3.95. The third-order valence-corrected chi connectivity index (χ3v) is 1.52. The van der Waals surface area contributed by atoms with Crippen LogP contribution in [0.25, 0.3) is 0 Å². The summed E-state index contributed by atoms with van der Waals surface area (Å²) in [5, 5.41) is 0. The second-order valence-corrected chi connectivity index (χ2v) is 3.95. The van der Waals surface area contributed by atoms with Gasteiger partial charge in [0.2, 0.25) is 0 Å². The lowest BCUT2D eigenvalue weighted by atomic mass is 10.1. The van der Waals surface area contributed by atoms with E-state index in [1.165, 1.54) is 0 Å². The Kier molecular flexibility index (Phi) is 3.50. The molecule has 0 aliphatic heterocycles. The summed E-state index contributed by atoms with van der Waals surface area (Å²) in [4.78, 5) is 10.9. The van der Waals surface area contributed by atoms with Gasteiger partial charge in [-0.15, -0.1) is 0 Å². The molecule has 0 N–H and O–H groups in total. The van der Waals surface area contributed by atoms with Crippen LogP contribution in [0.15, 0.2) is 11.3 Å². The highest BCUT2D eigenvalue weighted by molar-refractivity contribution is 5.92. The van der Waals surface area contributed by atoms with Gasteiger partial charge < -0.3 is 4.74 Å². The lowest BCUT2D eigenvalue weighted by molar-refractivity contribution is -0.113. The number of ketones is 1. The fraction of sp³-hybridized carbons (Fsp3) is 0.700. The molecular weight excluding hydrogens is 152 g/mol. The molecule has 0 bridgehead atoms. The molecule has 0 radical (unpaired) electrons. The number of hydrogen-bond donors (Lipinski definition) is 0. The van der Waals surface area contributed by atoms with Crippen LogP contribution < -0.4 is 0 Å². The van der Waals surface area contributed by atoms with Crippen molar-refractivity contribution < 1.29 is 9.53 Å². The molecule has 0 aromatic rings. The van der Waals surface area contributed by atoms with Crippen molar-refractivity contribution in [2.45, 2.75) is 47.1 Å². The number of ether oxygens (including phenoxy) is 1. The molecule has 0 aromatic heterocycles. The minimum absolute atomic E-state index is 0.0664. The molecule has 0 fully saturated rings. The van der Waals surface area contributed by atoms with Crippen molar-refractivity contribution in [3.63, 3.8) is 0 Å². The predicted octanol–water partition coefficient (Wildman–Crippen LogP) is 2.68. The minimum atomic E-state index is -0.221. The Morgan fingerprint density at radius 1 is 1.08 bits per heavy atom. The van der Waals surface area contributed by atoms with Gasteiger partial charge in [-0.2, -0.15) is 0 Å². The van der Waals surface area contributed by atoms with Crippen LogP contribution in [0.3, 0.4) is 0 Å². The Morgan fingerprint density at radius 3 is 1.75 bits per heavy atom. The average Bonchev–Trinajstić information content (AvgIpc) is 1.82. The number of carbonyl (C=O) groups excluding carboxylic acids is 1. The van der Waals surface area contributed by atoms with Gasteiger partial charge in [0, 0.05) is 5.57 Å². The van der Waals surface area contributed by atoms with Gasteiger partial charge in [-0.05, 0) is 41.5 Å². The quantitative estimate of drug-likeness (QED) is 0.470. The summed E-state index contributed by atoms with van der Waals surface area (Å²) >= 11 is 0. The Labute approximate surface area is 74.6 Å². The zero-order valence-corrected chi connectivity index (χ0v) is 8.82. The number of hydrogen-bond acceptors (Lipinski definition) is 2. The van der Waals surface area contributed by atoms with Gasteiger partial charge in [-0.1, -0.05) is 0 Å². The minimum Gasteiger partial charge on any atom is -0.492 e. The Balaban J connectivity index is 4.49. The monoisotopic (exact) mass is 170 g/mol. The molecule has 12 heavy (non-hydrogen) atoms. The van der Waals surface area contributed by atoms with E-state index in [4.69, 9.17) is 4.74 Å². The van der Waals surface area contributed by atoms with Crippen molar-refractivity contribution >= 4 is 5.78 Å².